The van der Waals surface area contributed by atoms with Crippen LogP contribution >= 0.6 is 0 Å². The summed E-state index contributed by atoms with van der Waals surface area (Å²) in [5.41, 5.74) is 1.70. The number of aromatic hydroxyl groups is 1. The zero-order chi connectivity index (χ0) is 15.1. The molecule has 2 N–H and O–H groups in total. The molecular weight excluding hydrogens is 250 g/mol. The summed E-state index contributed by atoms with van der Waals surface area (Å²) in [6.45, 7) is 12.4. The van der Waals surface area contributed by atoms with E-state index in [1.165, 1.54) is 0 Å². The maximum absolute atomic E-state index is 10.1. The van der Waals surface area contributed by atoms with Crippen molar-refractivity contribution in [1.82, 2.24) is 5.32 Å². The van der Waals surface area contributed by atoms with Crippen LogP contribution in [0.25, 0.3) is 0 Å². The fourth-order valence-corrected chi connectivity index (χ4v) is 3.26. The zero-order valence-electron chi connectivity index (χ0n) is 13.4. The molecule has 0 heterocycles. The van der Waals surface area contributed by atoms with Crippen LogP contribution in [0, 0.1) is 16.7 Å². The van der Waals surface area contributed by atoms with Crippen LogP contribution in [-0.4, -0.2) is 18.8 Å². The smallest absolute Gasteiger partial charge is 0.124 e. The number of rotatable bonds is 5. The minimum atomic E-state index is 0.133. The minimum absolute atomic E-state index is 0.133. The number of hydrogen-bond acceptors (Lipinski definition) is 3. The van der Waals surface area contributed by atoms with E-state index in [-0.39, 0.29) is 6.04 Å². The Morgan fingerprint density at radius 1 is 1.25 bits per heavy atom. The second-order valence-electron chi connectivity index (χ2n) is 7.05. The van der Waals surface area contributed by atoms with E-state index in [9.17, 15) is 5.11 Å². The third kappa shape index (κ3) is 2.39. The van der Waals surface area contributed by atoms with Gasteiger partial charge in [-0.1, -0.05) is 33.8 Å². The van der Waals surface area contributed by atoms with Crippen LogP contribution in [0.1, 0.15) is 46.2 Å². The molecule has 1 aromatic carbocycles. The highest BCUT2D eigenvalue weighted by atomic mass is 16.5. The summed E-state index contributed by atoms with van der Waals surface area (Å²) in [4.78, 5) is 0. The van der Waals surface area contributed by atoms with Crippen LogP contribution in [0.5, 0.6) is 11.5 Å². The summed E-state index contributed by atoms with van der Waals surface area (Å²) in [7, 11) is 1.60. The normalized spacial score (nSPS) is 21.5. The van der Waals surface area contributed by atoms with E-state index >= 15 is 0 Å². The van der Waals surface area contributed by atoms with Crippen molar-refractivity contribution in [1.29, 1.82) is 0 Å². The van der Waals surface area contributed by atoms with E-state index in [1.54, 1.807) is 13.2 Å². The largest absolute Gasteiger partial charge is 0.507 e. The molecule has 1 atom stereocenters. The summed E-state index contributed by atoms with van der Waals surface area (Å²) in [5.74, 6) is 1.65. The molecule has 0 spiro atoms. The predicted molar refractivity (Wildman–Crippen MR) is 82.1 cm³/mol. The minimum Gasteiger partial charge on any atom is -0.507 e. The highest BCUT2D eigenvalue weighted by molar-refractivity contribution is 5.41. The first kappa shape index (κ1) is 15.2. The van der Waals surface area contributed by atoms with Crippen LogP contribution in [0.4, 0.5) is 0 Å². The van der Waals surface area contributed by atoms with Crippen LogP contribution in [0.3, 0.4) is 0 Å². The van der Waals surface area contributed by atoms with E-state index in [0.717, 1.165) is 12.1 Å². The SMILES string of the molecule is COc1ccc(C(C)NCC2C(C)(C)C2(C)C)c(O)c1. The molecule has 0 amide bonds. The number of phenolic OH excluding ortho intramolecular Hbond substituents is 1. The molecule has 2 rings (SSSR count). The zero-order valence-corrected chi connectivity index (χ0v) is 13.4. The molecule has 1 fully saturated rings. The molecule has 3 heteroatoms. The molecule has 3 nitrogen and oxygen atoms in total. The van der Waals surface area contributed by atoms with Crippen LogP contribution in [-0.2, 0) is 0 Å². The standard InChI is InChI=1S/C17H27NO2/c1-11(13-8-7-12(20-6)9-14(13)19)18-10-15-16(2,3)17(15,4)5/h7-9,11,15,18-19H,10H2,1-6H3. The number of nitrogens with one attached hydrogen (secondary N) is 1. The maximum atomic E-state index is 10.1. The van der Waals surface area contributed by atoms with Crippen molar-refractivity contribution >= 4 is 0 Å². The van der Waals surface area contributed by atoms with Crippen LogP contribution < -0.4 is 10.1 Å². The molecule has 20 heavy (non-hydrogen) atoms. The molecule has 1 unspecified atom stereocenters. The lowest BCUT2D eigenvalue weighted by atomic mass is 10.0. The van der Waals surface area contributed by atoms with Gasteiger partial charge in [0.05, 0.1) is 7.11 Å². The van der Waals surface area contributed by atoms with Gasteiger partial charge in [-0.3, -0.25) is 0 Å². The Bertz CT molecular complexity index is 480. The number of phenols is 1. The van der Waals surface area contributed by atoms with Gasteiger partial charge in [0.1, 0.15) is 11.5 Å². The van der Waals surface area contributed by atoms with Gasteiger partial charge in [0.15, 0.2) is 0 Å². The van der Waals surface area contributed by atoms with Crippen molar-refractivity contribution in [3.8, 4) is 11.5 Å². The molecule has 1 aromatic rings. The van der Waals surface area contributed by atoms with Crippen LogP contribution in [0.15, 0.2) is 18.2 Å². The molecule has 0 saturated heterocycles. The number of methoxy groups -OCH3 is 1. The monoisotopic (exact) mass is 277 g/mol. The molecule has 0 bridgehead atoms. The fraction of sp³-hybridized carbons (Fsp3) is 0.647. The average Bonchev–Trinajstić information content (AvgIpc) is 2.76. The lowest BCUT2D eigenvalue weighted by molar-refractivity contribution is 0.403. The van der Waals surface area contributed by atoms with Gasteiger partial charge < -0.3 is 15.2 Å². The van der Waals surface area contributed by atoms with E-state index in [0.29, 0.717) is 28.2 Å². The summed E-state index contributed by atoms with van der Waals surface area (Å²) < 4.78 is 5.11. The Hall–Kier alpha value is -1.22. The molecule has 0 aliphatic heterocycles. The molecule has 0 aromatic heterocycles. The molecule has 1 aliphatic rings. The maximum Gasteiger partial charge on any atom is 0.124 e. The molecular formula is C17H27NO2. The van der Waals surface area contributed by atoms with Gasteiger partial charge in [-0.15, -0.1) is 0 Å². The van der Waals surface area contributed by atoms with E-state index in [4.69, 9.17) is 4.74 Å². The molecule has 1 saturated carbocycles. The van der Waals surface area contributed by atoms with E-state index < -0.39 is 0 Å². The first-order valence-corrected chi connectivity index (χ1v) is 7.32. The molecule has 112 valence electrons. The average molecular weight is 277 g/mol. The summed E-state index contributed by atoms with van der Waals surface area (Å²) in [6, 6.07) is 5.61. The van der Waals surface area contributed by atoms with Gasteiger partial charge in [-0.05, 0) is 36.3 Å². The topological polar surface area (TPSA) is 41.5 Å². The fourth-order valence-electron chi connectivity index (χ4n) is 3.26. The Balaban J connectivity index is 1.98. The number of hydrogen-bond donors (Lipinski definition) is 2. The Morgan fingerprint density at radius 3 is 2.30 bits per heavy atom. The van der Waals surface area contributed by atoms with Gasteiger partial charge in [-0.2, -0.15) is 0 Å². The second kappa shape index (κ2) is 4.96. The van der Waals surface area contributed by atoms with Crippen molar-refractivity contribution in [2.24, 2.45) is 16.7 Å². The summed E-state index contributed by atoms with van der Waals surface area (Å²) >= 11 is 0. The highest BCUT2D eigenvalue weighted by Crippen LogP contribution is 2.68. The van der Waals surface area contributed by atoms with Crippen molar-refractivity contribution in [2.45, 2.75) is 40.7 Å². The van der Waals surface area contributed by atoms with Crippen molar-refractivity contribution in [3.05, 3.63) is 23.8 Å². The predicted octanol–water partition coefficient (Wildman–Crippen LogP) is 3.73. The second-order valence-corrected chi connectivity index (χ2v) is 7.05. The number of ether oxygens (including phenoxy) is 1. The third-order valence-electron chi connectivity index (χ3n) is 5.65. The lowest BCUT2D eigenvalue weighted by Gasteiger charge is -2.17. The molecule has 0 radical (unpaired) electrons. The van der Waals surface area contributed by atoms with Gasteiger partial charge in [0.25, 0.3) is 0 Å². The first-order chi connectivity index (χ1) is 9.21. The van der Waals surface area contributed by atoms with Crippen molar-refractivity contribution in [3.63, 3.8) is 0 Å². The summed E-state index contributed by atoms with van der Waals surface area (Å²) in [6.07, 6.45) is 0. The Kier molecular flexibility index (Phi) is 3.76. The number of benzene rings is 1. The van der Waals surface area contributed by atoms with Crippen molar-refractivity contribution in [2.75, 3.05) is 13.7 Å². The van der Waals surface area contributed by atoms with E-state index in [1.807, 2.05) is 12.1 Å². The third-order valence-corrected chi connectivity index (χ3v) is 5.65. The van der Waals surface area contributed by atoms with Gasteiger partial charge in [-0.25, -0.2) is 0 Å². The van der Waals surface area contributed by atoms with Crippen LogP contribution in [0.2, 0.25) is 0 Å². The quantitative estimate of drug-likeness (QED) is 0.861. The van der Waals surface area contributed by atoms with Gasteiger partial charge in [0.2, 0.25) is 0 Å². The van der Waals surface area contributed by atoms with Gasteiger partial charge in [0, 0.05) is 17.7 Å². The first-order valence-electron chi connectivity index (χ1n) is 7.32. The summed E-state index contributed by atoms with van der Waals surface area (Å²) in [5, 5.41) is 13.6. The lowest BCUT2D eigenvalue weighted by Crippen LogP contribution is -2.23. The highest BCUT2D eigenvalue weighted by Gasteiger charge is 2.63. The van der Waals surface area contributed by atoms with Gasteiger partial charge >= 0.3 is 0 Å². The van der Waals surface area contributed by atoms with Crippen molar-refractivity contribution < 1.29 is 9.84 Å². The van der Waals surface area contributed by atoms with E-state index in [2.05, 4.69) is 39.9 Å². The molecule has 1 aliphatic carbocycles. The Morgan fingerprint density at radius 2 is 1.85 bits per heavy atom. The Labute approximate surface area is 122 Å².